The third kappa shape index (κ3) is 2.09. The van der Waals surface area contributed by atoms with Gasteiger partial charge in [-0.2, -0.15) is 5.10 Å². The van der Waals surface area contributed by atoms with Gasteiger partial charge in [0, 0.05) is 25.7 Å². The average Bonchev–Trinajstić information content (AvgIpc) is 2.90. The summed E-state index contributed by atoms with van der Waals surface area (Å²) in [6, 6.07) is 0.104. The number of fused-ring (bicyclic) bond motifs is 1. The summed E-state index contributed by atoms with van der Waals surface area (Å²) in [5.41, 5.74) is 2.06. The van der Waals surface area contributed by atoms with Gasteiger partial charge in [0.1, 0.15) is 5.69 Å². The van der Waals surface area contributed by atoms with Crippen LogP contribution in [0.3, 0.4) is 0 Å². The molecule has 0 saturated carbocycles. The fourth-order valence-corrected chi connectivity index (χ4v) is 4.80. The maximum absolute atomic E-state index is 11.7. The van der Waals surface area contributed by atoms with E-state index in [2.05, 4.69) is 22.2 Å². The van der Waals surface area contributed by atoms with Crippen molar-refractivity contribution in [2.75, 3.05) is 34.8 Å². The molecule has 0 spiro atoms. The highest BCUT2D eigenvalue weighted by atomic mass is 32.2. The number of aryl methyl sites for hydroxylation is 2. The summed E-state index contributed by atoms with van der Waals surface area (Å²) in [7, 11) is -2.85. The number of nitrogens with one attached hydrogen (secondary N) is 1. The monoisotopic (exact) mass is 284 g/mol. The Morgan fingerprint density at radius 1 is 1.47 bits per heavy atom. The van der Waals surface area contributed by atoms with Crippen molar-refractivity contribution in [1.82, 2.24) is 9.78 Å². The highest BCUT2D eigenvalue weighted by molar-refractivity contribution is 7.91. The zero-order valence-electron chi connectivity index (χ0n) is 11.4. The van der Waals surface area contributed by atoms with Gasteiger partial charge in [-0.3, -0.25) is 0 Å². The summed E-state index contributed by atoms with van der Waals surface area (Å²) in [5, 5.41) is 7.92. The van der Waals surface area contributed by atoms with E-state index in [-0.39, 0.29) is 11.8 Å². The minimum Gasteiger partial charge on any atom is -0.379 e. The fourth-order valence-electron chi connectivity index (χ4n) is 3.07. The summed E-state index contributed by atoms with van der Waals surface area (Å²) >= 11 is 0. The first-order valence-electron chi connectivity index (χ1n) is 6.80. The minimum absolute atomic E-state index is 0.104. The van der Waals surface area contributed by atoms with E-state index < -0.39 is 9.84 Å². The van der Waals surface area contributed by atoms with Crippen LogP contribution in [0.2, 0.25) is 0 Å². The largest absolute Gasteiger partial charge is 0.379 e. The lowest BCUT2D eigenvalue weighted by Gasteiger charge is -2.35. The highest BCUT2D eigenvalue weighted by Gasteiger charge is 2.36. The maximum atomic E-state index is 11.7. The Morgan fingerprint density at radius 3 is 2.89 bits per heavy atom. The highest BCUT2D eigenvalue weighted by Crippen LogP contribution is 2.35. The quantitative estimate of drug-likeness (QED) is 0.863. The van der Waals surface area contributed by atoms with Crippen LogP contribution in [0.1, 0.15) is 19.0 Å². The molecule has 1 N–H and O–H groups in total. The van der Waals surface area contributed by atoms with E-state index in [1.807, 2.05) is 11.6 Å². The molecule has 1 atom stereocenters. The Bertz CT molecular complexity index is 593. The minimum atomic E-state index is -2.85. The second-order valence-corrected chi connectivity index (χ2v) is 7.51. The number of aromatic nitrogens is 2. The summed E-state index contributed by atoms with van der Waals surface area (Å²) in [6.07, 6.45) is 0.732. The molecule has 1 fully saturated rings. The molecule has 19 heavy (non-hydrogen) atoms. The molecule has 0 radical (unpaired) electrons. The Kier molecular flexibility index (Phi) is 2.96. The molecule has 2 aliphatic rings. The fraction of sp³-hybridized carbons (Fsp3) is 0.750. The van der Waals surface area contributed by atoms with Crippen molar-refractivity contribution < 1.29 is 8.42 Å². The second-order valence-electron chi connectivity index (χ2n) is 5.28. The van der Waals surface area contributed by atoms with Crippen LogP contribution in [0.15, 0.2) is 0 Å². The number of sulfone groups is 1. The van der Waals surface area contributed by atoms with Crippen LogP contribution >= 0.6 is 0 Å². The Morgan fingerprint density at radius 2 is 2.26 bits per heavy atom. The number of hydrogen-bond acceptors (Lipinski definition) is 5. The predicted octanol–water partition coefficient (Wildman–Crippen LogP) is 0.630. The van der Waals surface area contributed by atoms with E-state index in [9.17, 15) is 8.42 Å². The standard InChI is InChI=1S/C12H20N4O2S/c1-3-16-12-11(9(2)14-16)13-5-6-15(12)10-4-7-19(17,18)8-10/h10,13H,3-8H2,1-2H3. The van der Waals surface area contributed by atoms with E-state index in [4.69, 9.17) is 0 Å². The van der Waals surface area contributed by atoms with Crippen molar-refractivity contribution in [3.05, 3.63) is 5.69 Å². The smallest absolute Gasteiger partial charge is 0.152 e. The zero-order chi connectivity index (χ0) is 13.6. The average molecular weight is 284 g/mol. The molecule has 2 aliphatic heterocycles. The van der Waals surface area contributed by atoms with Gasteiger partial charge in [0.05, 0.1) is 17.2 Å². The van der Waals surface area contributed by atoms with Gasteiger partial charge in [0.2, 0.25) is 0 Å². The number of anilines is 2. The number of rotatable bonds is 2. The van der Waals surface area contributed by atoms with Gasteiger partial charge >= 0.3 is 0 Å². The van der Waals surface area contributed by atoms with E-state index in [1.165, 1.54) is 0 Å². The molecule has 0 aliphatic carbocycles. The Balaban J connectivity index is 1.98. The van der Waals surface area contributed by atoms with Crippen LogP contribution in [0, 0.1) is 6.92 Å². The Labute approximate surface area is 113 Å². The van der Waals surface area contributed by atoms with Crippen molar-refractivity contribution in [2.24, 2.45) is 0 Å². The third-order valence-corrected chi connectivity index (χ3v) is 5.73. The molecule has 1 aromatic rings. The van der Waals surface area contributed by atoms with Gasteiger partial charge in [0.25, 0.3) is 0 Å². The van der Waals surface area contributed by atoms with E-state index >= 15 is 0 Å². The SMILES string of the molecule is CCn1nc(C)c2c1N(C1CCS(=O)(=O)C1)CCN2. The Hall–Kier alpha value is -1.24. The lowest BCUT2D eigenvalue weighted by atomic mass is 10.2. The van der Waals surface area contributed by atoms with Crippen LogP contribution in [-0.4, -0.2) is 48.8 Å². The summed E-state index contributed by atoms with van der Waals surface area (Å²) in [5.74, 6) is 1.66. The summed E-state index contributed by atoms with van der Waals surface area (Å²) in [6.45, 7) is 6.55. The molecular formula is C12H20N4O2S. The van der Waals surface area contributed by atoms with Gasteiger partial charge < -0.3 is 10.2 Å². The van der Waals surface area contributed by atoms with E-state index in [0.717, 1.165) is 43.3 Å². The lowest BCUT2D eigenvalue weighted by molar-refractivity contribution is 0.578. The number of hydrogen-bond donors (Lipinski definition) is 1. The van der Waals surface area contributed by atoms with Gasteiger partial charge in [0.15, 0.2) is 15.7 Å². The summed E-state index contributed by atoms with van der Waals surface area (Å²) in [4.78, 5) is 2.24. The summed E-state index contributed by atoms with van der Waals surface area (Å²) < 4.78 is 25.4. The van der Waals surface area contributed by atoms with Crippen molar-refractivity contribution >= 4 is 21.3 Å². The third-order valence-electron chi connectivity index (χ3n) is 3.98. The normalized spacial score (nSPS) is 25.2. The molecule has 3 rings (SSSR count). The first-order valence-corrected chi connectivity index (χ1v) is 8.62. The van der Waals surface area contributed by atoms with Gasteiger partial charge in [-0.15, -0.1) is 0 Å². The van der Waals surface area contributed by atoms with Crippen molar-refractivity contribution in [2.45, 2.75) is 32.9 Å². The molecule has 1 saturated heterocycles. The molecule has 0 bridgehead atoms. The van der Waals surface area contributed by atoms with Crippen LogP contribution in [-0.2, 0) is 16.4 Å². The van der Waals surface area contributed by atoms with Gasteiger partial charge in [-0.1, -0.05) is 0 Å². The predicted molar refractivity (Wildman–Crippen MR) is 75.5 cm³/mol. The maximum Gasteiger partial charge on any atom is 0.152 e. The molecule has 1 unspecified atom stereocenters. The molecule has 0 amide bonds. The van der Waals surface area contributed by atoms with E-state index in [1.54, 1.807) is 0 Å². The molecule has 7 heteroatoms. The second kappa shape index (κ2) is 4.40. The molecule has 0 aromatic carbocycles. The van der Waals surface area contributed by atoms with Crippen molar-refractivity contribution in [1.29, 1.82) is 0 Å². The molecular weight excluding hydrogens is 264 g/mol. The van der Waals surface area contributed by atoms with Crippen LogP contribution in [0.4, 0.5) is 11.5 Å². The van der Waals surface area contributed by atoms with Crippen molar-refractivity contribution in [3.8, 4) is 0 Å². The first kappa shape index (κ1) is 12.8. The molecule has 3 heterocycles. The van der Waals surface area contributed by atoms with Gasteiger partial charge in [-0.25, -0.2) is 13.1 Å². The van der Waals surface area contributed by atoms with Crippen LogP contribution < -0.4 is 10.2 Å². The topological polar surface area (TPSA) is 67.2 Å². The van der Waals surface area contributed by atoms with Crippen molar-refractivity contribution in [3.63, 3.8) is 0 Å². The van der Waals surface area contributed by atoms with Crippen LogP contribution in [0.25, 0.3) is 0 Å². The van der Waals surface area contributed by atoms with Gasteiger partial charge in [-0.05, 0) is 20.3 Å². The lowest BCUT2D eigenvalue weighted by Crippen LogP contribution is -2.43. The molecule has 106 valence electrons. The zero-order valence-corrected chi connectivity index (χ0v) is 12.2. The van der Waals surface area contributed by atoms with Crippen LogP contribution in [0.5, 0.6) is 0 Å². The molecule has 1 aromatic heterocycles. The first-order chi connectivity index (χ1) is 9.02. The van der Waals surface area contributed by atoms with E-state index in [0.29, 0.717) is 5.75 Å². The number of nitrogens with zero attached hydrogens (tertiary/aromatic N) is 3. The molecule has 6 nitrogen and oxygen atoms in total.